The fourth-order valence-electron chi connectivity index (χ4n) is 5.19. The maximum absolute atomic E-state index is 14.0. The highest BCUT2D eigenvalue weighted by Gasteiger charge is 2.31. The van der Waals surface area contributed by atoms with Crippen LogP contribution in [0.15, 0.2) is 60.7 Å². The van der Waals surface area contributed by atoms with Gasteiger partial charge in [0.25, 0.3) is 11.8 Å². The minimum atomic E-state index is -1.39. The SMILES string of the molecule is COCP(N[C@@H](C)C(=O)OC(C)C)OC1CCCN(C(=O)c2ccc(NC(=O)c3ccccc3C)cc2C)c2ccc(Cl)cc21. The molecule has 3 atom stereocenters. The summed E-state index contributed by atoms with van der Waals surface area (Å²) < 4.78 is 17.3. The van der Waals surface area contributed by atoms with Crippen LogP contribution in [0.3, 0.4) is 0 Å². The molecule has 2 N–H and O–H groups in total. The highest BCUT2D eigenvalue weighted by atomic mass is 35.5. The number of methoxy groups -OCH3 is 1. The van der Waals surface area contributed by atoms with E-state index in [9.17, 15) is 14.4 Å². The molecule has 1 heterocycles. The number of esters is 1. The van der Waals surface area contributed by atoms with Gasteiger partial charge in [-0.25, -0.2) is 0 Å². The molecule has 11 heteroatoms. The van der Waals surface area contributed by atoms with E-state index in [0.717, 1.165) is 16.7 Å². The van der Waals surface area contributed by atoms with Crippen LogP contribution in [0.1, 0.15) is 77.1 Å². The molecule has 240 valence electrons. The van der Waals surface area contributed by atoms with Crippen LogP contribution in [0.5, 0.6) is 0 Å². The van der Waals surface area contributed by atoms with Gasteiger partial charge in [-0.3, -0.25) is 19.5 Å². The lowest BCUT2D eigenvalue weighted by Gasteiger charge is -2.28. The van der Waals surface area contributed by atoms with Crippen molar-refractivity contribution in [3.05, 3.63) is 93.5 Å². The monoisotopic (exact) mass is 653 g/mol. The van der Waals surface area contributed by atoms with E-state index >= 15 is 0 Å². The van der Waals surface area contributed by atoms with E-state index in [2.05, 4.69) is 10.4 Å². The highest BCUT2D eigenvalue weighted by molar-refractivity contribution is 7.50. The Bertz CT molecular complexity index is 1530. The number of amides is 2. The van der Waals surface area contributed by atoms with E-state index in [-0.39, 0.29) is 30.2 Å². The van der Waals surface area contributed by atoms with E-state index in [1.54, 1.807) is 57.0 Å². The van der Waals surface area contributed by atoms with Crippen LogP contribution in [0.4, 0.5) is 11.4 Å². The fraction of sp³-hybridized carbons (Fsp3) is 0.382. The first-order chi connectivity index (χ1) is 21.5. The highest BCUT2D eigenvalue weighted by Crippen LogP contribution is 2.46. The number of benzene rings is 3. The molecule has 0 fully saturated rings. The molecule has 0 bridgehead atoms. The Balaban J connectivity index is 1.55. The van der Waals surface area contributed by atoms with Gasteiger partial charge < -0.3 is 24.2 Å². The molecule has 0 radical (unpaired) electrons. The second-order valence-corrected chi connectivity index (χ2v) is 13.2. The fourth-order valence-corrected chi connectivity index (χ4v) is 6.86. The molecule has 4 rings (SSSR count). The Hall–Kier alpha value is -3.33. The molecule has 1 aliphatic rings. The summed E-state index contributed by atoms with van der Waals surface area (Å²) in [5.74, 6) is -0.727. The summed E-state index contributed by atoms with van der Waals surface area (Å²) >= 11 is 6.46. The van der Waals surface area contributed by atoms with Crippen molar-refractivity contribution in [3.63, 3.8) is 0 Å². The maximum Gasteiger partial charge on any atom is 0.323 e. The van der Waals surface area contributed by atoms with E-state index in [1.807, 2.05) is 50.2 Å². The quantitative estimate of drug-likeness (QED) is 0.163. The standard InChI is InChI=1S/C34H41ClN3O6P/c1-21(2)43-34(41)24(5)37-45(20-42-6)44-31-12-9-17-38(30-16-13-25(35)19-29(30)31)33(40)28-15-14-26(18-23(28)4)36-32(39)27-11-8-7-10-22(27)3/h7-8,10-11,13-16,18-19,21,24,31,37H,9,12,17,20H2,1-6H3,(H,36,39)/t24-,31?,45?/m0/s1. The zero-order valence-corrected chi connectivity index (χ0v) is 28.2. The molecule has 0 saturated carbocycles. The van der Waals surface area contributed by atoms with E-state index < -0.39 is 20.4 Å². The number of fused-ring (bicyclic) bond motifs is 1. The first-order valence-electron chi connectivity index (χ1n) is 15.0. The van der Waals surface area contributed by atoms with Crippen LogP contribution in [0.25, 0.3) is 0 Å². The summed E-state index contributed by atoms with van der Waals surface area (Å²) in [4.78, 5) is 41.1. The third kappa shape index (κ3) is 8.90. The number of halogens is 1. The smallest absolute Gasteiger partial charge is 0.323 e. The van der Waals surface area contributed by atoms with Crippen molar-refractivity contribution in [1.29, 1.82) is 0 Å². The van der Waals surface area contributed by atoms with Gasteiger partial charge in [0, 0.05) is 46.7 Å². The minimum Gasteiger partial charge on any atom is -0.462 e. The van der Waals surface area contributed by atoms with E-state index in [1.165, 1.54) is 0 Å². The lowest BCUT2D eigenvalue weighted by Crippen LogP contribution is -2.34. The number of hydrogen-bond donors (Lipinski definition) is 2. The Labute approximate surface area is 271 Å². The third-order valence-corrected chi connectivity index (χ3v) is 9.28. The van der Waals surface area contributed by atoms with Crippen molar-refractivity contribution in [2.75, 3.05) is 30.2 Å². The van der Waals surface area contributed by atoms with Crippen molar-refractivity contribution in [1.82, 2.24) is 5.09 Å². The van der Waals surface area contributed by atoms with Crippen molar-refractivity contribution >= 4 is 49.1 Å². The molecular weight excluding hydrogens is 613 g/mol. The Morgan fingerprint density at radius 3 is 2.44 bits per heavy atom. The maximum atomic E-state index is 14.0. The number of anilines is 2. The molecule has 3 aromatic rings. The predicted molar refractivity (Wildman–Crippen MR) is 179 cm³/mol. The molecule has 0 saturated heterocycles. The molecule has 0 aromatic heterocycles. The molecule has 9 nitrogen and oxygen atoms in total. The largest absolute Gasteiger partial charge is 0.462 e. The van der Waals surface area contributed by atoms with Gasteiger partial charge in [0.15, 0.2) is 0 Å². The summed E-state index contributed by atoms with van der Waals surface area (Å²) in [6.07, 6.45) is 0.949. The zero-order chi connectivity index (χ0) is 32.7. The van der Waals surface area contributed by atoms with Crippen LogP contribution in [0, 0.1) is 13.8 Å². The van der Waals surface area contributed by atoms with E-state index in [0.29, 0.717) is 46.9 Å². The van der Waals surface area contributed by atoms with Gasteiger partial charge in [-0.2, -0.15) is 0 Å². The average Bonchev–Trinajstić information content (AvgIpc) is 3.15. The topological polar surface area (TPSA) is 106 Å². The van der Waals surface area contributed by atoms with Crippen LogP contribution in [-0.2, 0) is 18.8 Å². The lowest BCUT2D eigenvalue weighted by atomic mass is 10.0. The van der Waals surface area contributed by atoms with Gasteiger partial charge in [0.05, 0.1) is 12.2 Å². The van der Waals surface area contributed by atoms with Gasteiger partial charge in [0.1, 0.15) is 20.7 Å². The summed E-state index contributed by atoms with van der Waals surface area (Å²) in [6, 6.07) is 17.6. The van der Waals surface area contributed by atoms with Crippen LogP contribution < -0.4 is 15.3 Å². The average molecular weight is 654 g/mol. The third-order valence-electron chi connectivity index (χ3n) is 7.37. The van der Waals surface area contributed by atoms with Gasteiger partial charge in [-0.15, -0.1) is 0 Å². The van der Waals surface area contributed by atoms with Gasteiger partial charge in [0.2, 0.25) is 0 Å². The van der Waals surface area contributed by atoms with Gasteiger partial charge in [-0.05, 0) is 101 Å². The first kappa shape index (κ1) is 34.5. The summed E-state index contributed by atoms with van der Waals surface area (Å²) in [5.41, 5.74) is 4.86. The zero-order valence-electron chi connectivity index (χ0n) is 26.6. The van der Waals surface area contributed by atoms with Crippen molar-refractivity contribution in [2.45, 2.75) is 65.7 Å². The predicted octanol–water partition coefficient (Wildman–Crippen LogP) is 7.55. The molecule has 0 aliphatic carbocycles. The number of nitrogens with one attached hydrogen (secondary N) is 2. The number of aryl methyl sites for hydroxylation is 2. The normalized spacial score (nSPS) is 16.0. The van der Waals surface area contributed by atoms with Gasteiger partial charge in [-0.1, -0.05) is 29.8 Å². The number of hydrogen-bond acceptors (Lipinski definition) is 7. The van der Waals surface area contributed by atoms with Crippen molar-refractivity contribution in [3.8, 4) is 0 Å². The van der Waals surface area contributed by atoms with Gasteiger partial charge >= 0.3 is 5.97 Å². The Morgan fingerprint density at radius 1 is 1.00 bits per heavy atom. The number of ether oxygens (including phenoxy) is 2. The second kappa shape index (κ2) is 15.8. The van der Waals surface area contributed by atoms with Crippen LogP contribution >= 0.6 is 19.9 Å². The Morgan fingerprint density at radius 2 is 1.76 bits per heavy atom. The summed E-state index contributed by atoms with van der Waals surface area (Å²) in [5, 5.41) is 6.71. The van der Waals surface area contributed by atoms with E-state index in [4.69, 9.17) is 25.6 Å². The molecule has 2 amide bonds. The van der Waals surface area contributed by atoms with Crippen LogP contribution in [0.2, 0.25) is 5.02 Å². The molecule has 2 unspecified atom stereocenters. The minimum absolute atomic E-state index is 0.157. The number of carbonyl (C=O) groups is 3. The summed E-state index contributed by atoms with van der Waals surface area (Å²) in [6.45, 7) is 9.57. The number of rotatable bonds is 11. The molecule has 1 aliphatic heterocycles. The molecular formula is C34H41ClN3O6P. The molecule has 3 aromatic carbocycles. The van der Waals surface area contributed by atoms with Crippen molar-refractivity contribution < 1.29 is 28.4 Å². The molecule has 0 spiro atoms. The first-order valence-corrected chi connectivity index (χ1v) is 16.8. The second-order valence-electron chi connectivity index (χ2n) is 11.3. The number of nitrogens with zero attached hydrogens (tertiary/aromatic N) is 1. The lowest BCUT2D eigenvalue weighted by molar-refractivity contribution is -0.149. The van der Waals surface area contributed by atoms with Crippen molar-refractivity contribution in [2.24, 2.45) is 0 Å². The summed E-state index contributed by atoms with van der Waals surface area (Å²) in [7, 11) is 0.192. The Kier molecular flexibility index (Phi) is 12.1. The van der Waals surface area contributed by atoms with Crippen LogP contribution in [-0.4, -0.2) is 49.9 Å². The number of carbonyl (C=O) groups excluding carboxylic acids is 3. The molecule has 45 heavy (non-hydrogen) atoms.